The monoisotopic (exact) mass is 366 g/mol. The minimum absolute atomic E-state index is 0. The van der Waals surface area contributed by atoms with Crippen LogP contribution < -0.4 is 17.7 Å². The first kappa shape index (κ1) is 20.2. The molecule has 3 N–H and O–H groups in total. The third-order valence-corrected chi connectivity index (χ3v) is 4.85. The number of aliphatic hydroxyl groups excluding tert-OH is 1. The number of benzene rings is 1. The van der Waals surface area contributed by atoms with Crippen LogP contribution in [0.4, 0.5) is 5.69 Å². The molecule has 0 spiro atoms. The van der Waals surface area contributed by atoms with Crippen LogP contribution in [0.15, 0.2) is 29.4 Å². The number of nitrogens with two attached hydrogens (primary N) is 1. The van der Waals surface area contributed by atoms with Crippen LogP contribution in [0.25, 0.3) is 0 Å². The molecule has 0 saturated heterocycles. The van der Waals surface area contributed by atoms with Crippen molar-refractivity contribution in [1.29, 1.82) is 0 Å². The minimum Gasteiger partial charge on any atom is -1.00 e. The van der Waals surface area contributed by atoms with E-state index in [0.717, 1.165) is 12.1 Å². The SMILES string of the molecule is CCCCc1ccc([NH2+]CC(O)CON=C(C2CC2)C2CC2)cc1.[Cl-]. The Morgan fingerprint density at radius 2 is 1.84 bits per heavy atom. The van der Waals surface area contributed by atoms with Gasteiger partial charge in [0.1, 0.15) is 24.9 Å². The standard InChI is InChI=1S/C20H30N2O2.ClH/c1-2-3-4-15-5-11-18(12-6-15)21-13-19(23)14-24-22-20(16-7-8-16)17-9-10-17;/h5-6,11-12,16-17,19,21,23H,2-4,7-10,13-14H2,1H3;1H. The Bertz CT molecular complexity index is 525. The van der Waals surface area contributed by atoms with Crippen molar-refractivity contribution in [2.45, 2.75) is 58.0 Å². The number of hydrogen-bond donors (Lipinski definition) is 2. The van der Waals surface area contributed by atoms with Gasteiger partial charge in [-0.25, -0.2) is 0 Å². The molecule has 1 aromatic rings. The highest BCUT2D eigenvalue weighted by Gasteiger charge is 2.38. The summed E-state index contributed by atoms with van der Waals surface area (Å²) in [5.41, 5.74) is 3.81. The van der Waals surface area contributed by atoms with E-state index in [1.165, 1.54) is 49.8 Å². The van der Waals surface area contributed by atoms with Gasteiger partial charge in [0.15, 0.2) is 0 Å². The number of nitrogens with zero attached hydrogens (tertiary/aromatic N) is 1. The van der Waals surface area contributed by atoms with Gasteiger partial charge in [-0.2, -0.15) is 0 Å². The second-order valence-electron chi connectivity index (χ2n) is 7.30. The summed E-state index contributed by atoms with van der Waals surface area (Å²) in [5.74, 6) is 1.35. The molecule has 3 rings (SSSR count). The largest absolute Gasteiger partial charge is 1.00 e. The van der Waals surface area contributed by atoms with Crippen molar-refractivity contribution in [3.63, 3.8) is 0 Å². The van der Waals surface area contributed by atoms with E-state index in [1.54, 1.807) is 0 Å². The van der Waals surface area contributed by atoms with E-state index in [4.69, 9.17) is 4.84 Å². The van der Waals surface area contributed by atoms with E-state index in [-0.39, 0.29) is 19.0 Å². The maximum absolute atomic E-state index is 10.1. The number of hydrogen-bond acceptors (Lipinski definition) is 3. The number of halogens is 1. The predicted octanol–water partition coefficient (Wildman–Crippen LogP) is -0.218. The lowest BCUT2D eigenvalue weighted by molar-refractivity contribution is -0.580. The number of quaternary nitrogens is 1. The fourth-order valence-electron chi connectivity index (χ4n) is 2.98. The van der Waals surface area contributed by atoms with Crippen molar-refractivity contribution in [2.75, 3.05) is 13.2 Å². The highest BCUT2D eigenvalue weighted by atomic mass is 35.5. The fourth-order valence-corrected chi connectivity index (χ4v) is 2.98. The van der Waals surface area contributed by atoms with Gasteiger partial charge < -0.3 is 27.7 Å². The lowest BCUT2D eigenvalue weighted by atomic mass is 10.1. The van der Waals surface area contributed by atoms with E-state index in [9.17, 15) is 5.11 Å². The Hall–Kier alpha value is -1.10. The zero-order chi connectivity index (χ0) is 16.8. The molecule has 0 amide bonds. The van der Waals surface area contributed by atoms with Crippen LogP contribution in [0, 0.1) is 11.8 Å². The van der Waals surface area contributed by atoms with Gasteiger partial charge >= 0.3 is 0 Å². The molecule has 1 atom stereocenters. The smallest absolute Gasteiger partial charge is 0.148 e. The first-order valence-electron chi connectivity index (χ1n) is 9.56. The van der Waals surface area contributed by atoms with Crippen LogP contribution >= 0.6 is 0 Å². The van der Waals surface area contributed by atoms with E-state index in [0.29, 0.717) is 18.4 Å². The molecule has 0 radical (unpaired) electrons. The summed E-state index contributed by atoms with van der Waals surface area (Å²) in [6, 6.07) is 8.64. The molecule has 0 aromatic heterocycles. The Morgan fingerprint density at radius 3 is 2.40 bits per heavy atom. The molecule has 4 nitrogen and oxygen atoms in total. The van der Waals surface area contributed by atoms with E-state index >= 15 is 0 Å². The zero-order valence-corrected chi connectivity index (χ0v) is 15.9. The molecular weight excluding hydrogens is 336 g/mol. The molecule has 1 unspecified atom stereocenters. The van der Waals surface area contributed by atoms with Gasteiger partial charge in [0, 0.05) is 11.8 Å². The van der Waals surface area contributed by atoms with Crippen LogP contribution in [0.1, 0.15) is 51.0 Å². The molecule has 0 heterocycles. The van der Waals surface area contributed by atoms with Gasteiger partial charge in [0.05, 0.1) is 5.71 Å². The van der Waals surface area contributed by atoms with Crippen molar-refractivity contribution < 1.29 is 27.7 Å². The Kier molecular flexibility index (Phi) is 8.20. The normalized spacial score (nSPS) is 17.5. The summed E-state index contributed by atoms with van der Waals surface area (Å²) in [5, 5.41) is 16.5. The number of aliphatic hydroxyl groups is 1. The molecule has 1 aromatic carbocycles. The highest BCUT2D eigenvalue weighted by molar-refractivity contribution is 5.92. The maximum Gasteiger partial charge on any atom is 0.148 e. The van der Waals surface area contributed by atoms with Crippen LogP contribution in [0.5, 0.6) is 0 Å². The number of aryl methyl sites for hydroxylation is 1. The number of oxime groups is 1. The lowest BCUT2D eigenvalue weighted by Crippen LogP contribution is -3.00. The second kappa shape index (κ2) is 10.1. The van der Waals surface area contributed by atoms with Crippen LogP contribution in [-0.2, 0) is 11.3 Å². The van der Waals surface area contributed by atoms with Gasteiger partial charge in [-0.15, -0.1) is 0 Å². The molecule has 2 aliphatic carbocycles. The third kappa shape index (κ3) is 6.96. The van der Waals surface area contributed by atoms with E-state index < -0.39 is 6.10 Å². The first-order valence-corrected chi connectivity index (χ1v) is 9.56. The molecular formula is C20H31ClN2O2. The van der Waals surface area contributed by atoms with Gasteiger partial charge in [-0.1, -0.05) is 30.6 Å². The molecule has 140 valence electrons. The van der Waals surface area contributed by atoms with Crippen molar-refractivity contribution in [3.8, 4) is 0 Å². The first-order chi connectivity index (χ1) is 11.8. The maximum atomic E-state index is 10.1. The van der Waals surface area contributed by atoms with Crippen LogP contribution in [0.3, 0.4) is 0 Å². The molecule has 2 fully saturated rings. The second-order valence-corrected chi connectivity index (χ2v) is 7.30. The summed E-state index contributed by atoms with van der Waals surface area (Å²) in [7, 11) is 0. The van der Waals surface area contributed by atoms with E-state index in [1.807, 2.05) is 0 Å². The summed E-state index contributed by atoms with van der Waals surface area (Å²) in [4.78, 5) is 5.43. The summed E-state index contributed by atoms with van der Waals surface area (Å²) < 4.78 is 0. The topological polar surface area (TPSA) is 58.4 Å². The summed E-state index contributed by atoms with van der Waals surface area (Å²) >= 11 is 0. The molecule has 2 aliphatic rings. The van der Waals surface area contributed by atoms with Crippen molar-refractivity contribution in [3.05, 3.63) is 29.8 Å². The molecule has 2 saturated carbocycles. The number of rotatable bonds is 11. The van der Waals surface area contributed by atoms with Crippen molar-refractivity contribution >= 4 is 11.4 Å². The Balaban J connectivity index is 0.00000225. The zero-order valence-electron chi connectivity index (χ0n) is 15.2. The highest BCUT2D eigenvalue weighted by Crippen LogP contribution is 2.42. The molecule has 0 bridgehead atoms. The van der Waals surface area contributed by atoms with E-state index in [2.05, 4.69) is 41.7 Å². The predicted molar refractivity (Wildman–Crippen MR) is 96.3 cm³/mol. The van der Waals surface area contributed by atoms with Gasteiger partial charge in [-0.3, -0.25) is 0 Å². The quantitative estimate of drug-likeness (QED) is 0.323. The molecule has 0 aliphatic heterocycles. The molecule has 5 heteroatoms. The average molecular weight is 367 g/mol. The fraction of sp³-hybridized carbons (Fsp3) is 0.650. The van der Waals surface area contributed by atoms with Crippen molar-refractivity contribution in [2.24, 2.45) is 17.0 Å². The van der Waals surface area contributed by atoms with Gasteiger partial charge in [-0.05, 0) is 56.2 Å². The minimum atomic E-state index is -0.492. The molecule has 25 heavy (non-hydrogen) atoms. The lowest BCUT2D eigenvalue weighted by Gasteiger charge is -2.09. The third-order valence-electron chi connectivity index (χ3n) is 4.85. The van der Waals surface area contributed by atoms with Gasteiger partial charge in [0.2, 0.25) is 0 Å². The van der Waals surface area contributed by atoms with Gasteiger partial charge in [0.25, 0.3) is 0 Å². The van der Waals surface area contributed by atoms with Crippen LogP contribution in [-0.4, -0.2) is 30.1 Å². The summed E-state index contributed by atoms with van der Waals surface area (Å²) in [6.07, 6.45) is 8.19. The average Bonchev–Trinajstić information content (AvgIpc) is 3.48. The summed E-state index contributed by atoms with van der Waals surface area (Å²) in [6.45, 7) is 3.11. The Morgan fingerprint density at radius 1 is 1.20 bits per heavy atom. The van der Waals surface area contributed by atoms with Crippen LogP contribution in [0.2, 0.25) is 0 Å². The number of unbranched alkanes of at least 4 members (excludes halogenated alkanes) is 1. The van der Waals surface area contributed by atoms with Crippen molar-refractivity contribution in [1.82, 2.24) is 0 Å². The Labute approximate surface area is 157 Å².